The number of rotatable bonds is 6. The first-order valence-electron chi connectivity index (χ1n) is 10.0. The summed E-state index contributed by atoms with van der Waals surface area (Å²) < 4.78 is 16.2. The predicted molar refractivity (Wildman–Crippen MR) is 110 cm³/mol. The number of carbonyl (C=O) groups excluding carboxylic acids is 1. The van der Waals surface area contributed by atoms with Gasteiger partial charge in [-0.3, -0.25) is 4.79 Å². The summed E-state index contributed by atoms with van der Waals surface area (Å²) >= 11 is 0. The normalized spacial score (nSPS) is 17.4. The van der Waals surface area contributed by atoms with Crippen molar-refractivity contribution >= 4 is 12.0 Å². The summed E-state index contributed by atoms with van der Waals surface area (Å²) in [6, 6.07) is 14.0. The topological polar surface area (TPSA) is 61.2 Å². The summed E-state index contributed by atoms with van der Waals surface area (Å²) in [4.78, 5) is 14.1. The number of ether oxygens (including phenoxy) is 3. The van der Waals surface area contributed by atoms with E-state index in [2.05, 4.69) is 36.5 Å². The maximum Gasteiger partial charge on any atom is 0.244 e. The number of fused-ring (bicyclic) bond motifs is 1. The molecule has 2 aromatic rings. The summed E-state index contributed by atoms with van der Waals surface area (Å²) in [6.07, 6.45) is 3.37. The van der Waals surface area contributed by atoms with Crippen LogP contribution in [0.4, 0.5) is 0 Å². The molecule has 2 N–H and O–H groups in total. The van der Waals surface area contributed by atoms with Gasteiger partial charge in [-0.1, -0.05) is 35.9 Å². The molecule has 2 aliphatic heterocycles. The minimum atomic E-state index is -0.110. The van der Waals surface area contributed by atoms with E-state index in [-0.39, 0.29) is 18.7 Å². The Morgan fingerprint density at radius 1 is 1.10 bits per heavy atom. The van der Waals surface area contributed by atoms with Crippen LogP contribution in [0, 0.1) is 6.92 Å². The van der Waals surface area contributed by atoms with Gasteiger partial charge in [0, 0.05) is 6.08 Å². The van der Waals surface area contributed by atoms with Crippen molar-refractivity contribution in [2.45, 2.75) is 13.0 Å². The van der Waals surface area contributed by atoms with Crippen LogP contribution in [0.5, 0.6) is 11.5 Å². The predicted octanol–water partition coefficient (Wildman–Crippen LogP) is 1.51. The number of hydrogen-bond acceptors (Lipinski definition) is 4. The molecule has 0 aliphatic carbocycles. The SMILES string of the molecule is Cc1ccc([C@@H](C[NH+]2CCOCC2)NC(=O)/C=C/c2ccc3c(c2)OCO3)cc1. The first-order chi connectivity index (χ1) is 14.2. The van der Waals surface area contributed by atoms with E-state index >= 15 is 0 Å². The number of aryl methyl sites for hydroxylation is 1. The van der Waals surface area contributed by atoms with E-state index in [1.54, 1.807) is 12.2 Å². The van der Waals surface area contributed by atoms with E-state index in [1.165, 1.54) is 10.5 Å². The zero-order chi connectivity index (χ0) is 20.1. The third-order valence-corrected chi connectivity index (χ3v) is 5.31. The van der Waals surface area contributed by atoms with Gasteiger partial charge in [0.25, 0.3) is 0 Å². The fourth-order valence-corrected chi connectivity index (χ4v) is 3.61. The van der Waals surface area contributed by atoms with Crippen LogP contribution in [0.3, 0.4) is 0 Å². The van der Waals surface area contributed by atoms with Crippen LogP contribution >= 0.6 is 0 Å². The van der Waals surface area contributed by atoms with E-state index < -0.39 is 0 Å². The number of carbonyl (C=O) groups is 1. The van der Waals surface area contributed by atoms with Crippen molar-refractivity contribution in [3.8, 4) is 11.5 Å². The van der Waals surface area contributed by atoms with Gasteiger partial charge in [0.15, 0.2) is 11.5 Å². The minimum Gasteiger partial charge on any atom is -0.454 e. The third kappa shape index (κ3) is 5.16. The highest BCUT2D eigenvalue weighted by molar-refractivity contribution is 5.92. The number of nitrogens with one attached hydrogen (secondary N) is 2. The molecule has 0 bridgehead atoms. The molecular weight excluding hydrogens is 368 g/mol. The standard InChI is InChI=1S/C23H26N2O4/c1-17-2-6-19(7-3-17)20(15-25-10-12-27-13-11-25)24-23(26)9-5-18-4-8-21-22(14-18)29-16-28-21/h2-9,14,20H,10-13,15-16H2,1H3,(H,24,26)/p+1/b9-5+/t20-/m1/s1. The third-order valence-electron chi connectivity index (χ3n) is 5.31. The number of hydrogen-bond donors (Lipinski definition) is 2. The number of morpholine rings is 1. The van der Waals surface area contributed by atoms with Crippen molar-refractivity contribution in [3.05, 3.63) is 65.2 Å². The molecule has 152 valence electrons. The van der Waals surface area contributed by atoms with Crippen LogP contribution in [0.2, 0.25) is 0 Å². The molecule has 0 aromatic heterocycles. The Kier molecular flexibility index (Phi) is 6.12. The molecule has 4 rings (SSSR count). The molecule has 2 aromatic carbocycles. The first-order valence-corrected chi connectivity index (χ1v) is 10.0. The van der Waals surface area contributed by atoms with Crippen LogP contribution in [0.25, 0.3) is 6.08 Å². The van der Waals surface area contributed by atoms with Gasteiger partial charge in [0.1, 0.15) is 25.7 Å². The first kappa shape index (κ1) is 19.5. The monoisotopic (exact) mass is 395 g/mol. The van der Waals surface area contributed by atoms with Gasteiger partial charge >= 0.3 is 0 Å². The molecule has 1 fully saturated rings. The van der Waals surface area contributed by atoms with Gasteiger partial charge in [0.05, 0.1) is 13.2 Å². The second-order valence-corrected chi connectivity index (χ2v) is 7.48. The van der Waals surface area contributed by atoms with E-state index in [4.69, 9.17) is 14.2 Å². The highest BCUT2D eigenvalue weighted by Gasteiger charge is 2.22. The summed E-state index contributed by atoms with van der Waals surface area (Å²) in [5.41, 5.74) is 3.23. The zero-order valence-electron chi connectivity index (χ0n) is 16.6. The highest BCUT2D eigenvalue weighted by atomic mass is 16.7. The fraction of sp³-hybridized carbons (Fsp3) is 0.348. The average Bonchev–Trinajstić information content (AvgIpc) is 3.21. The summed E-state index contributed by atoms with van der Waals surface area (Å²) in [7, 11) is 0. The zero-order valence-corrected chi connectivity index (χ0v) is 16.6. The lowest BCUT2D eigenvalue weighted by Crippen LogP contribution is -3.14. The van der Waals surface area contributed by atoms with Crippen molar-refractivity contribution in [1.29, 1.82) is 0 Å². The summed E-state index contributed by atoms with van der Waals surface area (Å²) in [6.45, 7) is 6.62. The Morgan fingerprint density at radius 2 is 1.86 bits per heavy atom. The number of quaternary nitrogens is 1. The van der Waals surface area contributed by atoms with Crippen LogP contribution in [-0.4, -0.2) is 45.5 Å². The van der Waals surface area contributed by atoms with Crippen LogP contribution in [0.1, 0.15) is 22.7 Å². The lowest BCUT2D eigenvalue weighted by molar-refractivity contribution is -0.909. The van der Waals surface area contributed by atoms with Gasteiger partial charge in [-0.15, -0.1) is 0 Å². The molecule has 2 aliphatic rings. The Morgan fingerprint density at radius 3 is 2.66 bits per heavy atom. The Bertz CT molecular complexity index is 873. The molecule has 1 atom stereocenters. The Hall–Kier alpha value is -2.83. The van der Waals surface area contributed by atoms with Crippen LogP contribution in [0.15, 0.2) is 48.5 Å². The maximum atomic E-state index is 12.7. The maximum absolute atomic E-state index is 12.7. The highest BCUT2D eigenvalue weighted by Crippen LogP contribution is 2.32. The molecule has 6 nitrogen and oxygen atoms in total. The van der Waals surface area contributed by atoms with Crippen LogP contribution < -0.4 is 19.7 Å². The molecule has 1 amide bonds. The molecular formula is C23H27N2O4+. The Balaban J connectivity index is 1.44. The van der Waals surface area contributed by atoms with Crippen LogP contribution in [-0.2, 0) is 9.53 Å². The Labute approximate surface area is 171 Å². The van der Waals surface area contributed by atoms with E-state index in [0.29, 0.717) is 5.75 Å². The average molecular weight is 395 g/mol. The molecule has 29 heavy (non-hydrogen) atoms. The molecule has 6 heteroatoms. The molecule has 1 saturated heterocycles. The molecule has 0 radical (unpaired) electrons. The quantitative estimate of drug-likeness (QED) is 0.728. The summed E-state index contributed by atoms with van der Waals surface area (Å²) in [5, 5.41) is 3.18. The van der Waals surface area contributed by atoms with Crippen molar-refractivity contribution < 1.29 is 23.9 Å². The number of benzene rings is 2. The molecule has 0 unspecified atom stereocenters. The molecule has 0 spiro atoms. The van der Waals surface area contributed by atoms with Gasteiger partial charge in [-0.25, -0.2) is 0 Å². The van der Waals surface area contributed by atoms with Gasteiger partial charge in [-0.2, -0.15) is 0 Å². The lowest BCUT2D eigenvalue weighted by Gasteiger charge is -2.28. The largest absolute Gasteiger partial charge is 0.454 e. The fourth-order valence-electron chi connectivity index (χ4n) is 3.61. The van der Waals surface area contributed by atoms with E-state index in [1.807, 2.05) is 18.2 Å². The minimum absolute atomic E-state index is 0.0439. The molecule has 0 saturated carbocycles. The van der Waals surface area contributed by atoms with E-state index in [9.17, 15) is 4.79 Å². The van der Waals surface area contributed by atoms with Crippen molar-refractivity contribution in [2.24, 2.45) is 0 Å². The number of amides is 1. The van der Waals surface area contributed by atoms with E-state index in [0.717, 1.165) is 49.7 Å². The van der Waals surface area contributed by atoms with Gasteiger partial charge < -0.3 is 24.4 Å². The second-order valence-electron chi connectivity index (χ2n) is 7.48. The van der Waals surface area contributed by atoms with Crippen molar-refractivity contribution in [3.63, 3.8) is 0 Å². The van der Waals surface area contributed by atoms with Gasteiger partial charge in [-0.05, 0) is 36.3 Å². The summed E-state index contributed by atoms with van der Waals surface area (Å²) in [5.74, 6) is 1.33. The smallest absolute Gasteiger partial charge is 0.244 e. The van der Waals surface area contributed by atoms with Gasteiger partial charge in [0.2, 0.25) is 12.7 Å². The van der Waals surface area contributed by atoms with Crippen molar-refractivity contribution in [2.75, 3.05) is 39.6 Å². The molecule has 2 heterocycles. The lowest BCUT2D eigenvalue weighted by atomic mass is 10.0. The van der Waals surface area contributed by atoms with Crippen molar-refractivity contribution in [1.82, 2.24) is 5.32 Å². The second kappa shape index (κ2) is 9.11.